The maximum atomic E-state index is 13.4. The van der Waals surface area contributed by atoms with Crippen LogP contribution in [0.15, 0.2) is 71.6 Å². The Hall–Kier alpha value is -3.53. The van der Waals surface area contributed by atoms with Gasteiger partial charge in [-0.2, -0.15) is 8.78 Å². The van der Waals surface area contributed by atoms with Crippen LogP contribution in [0.2, 0.25) is 0 Å². The number of hydrogen-bond acceptors (Lipinski definition) is 4. The van der Waals surface area contributed by atoms with E-state index in [-0.39, 0.29) is 34.0 Å². The van der Waals surface area contributed by atoms with Crippen molar-refractivity contribution in [2.24, 2.45) is 0 Å². The monoisotopic (exact) mass is 464 g/mol. The van der Waals surface area contributed by atoms with E-state index in [2.05, 4.69) is 14.8 Å². The summed E-state index contributed by atoms with van der Waals surface area (Å²) in [6.07, 6.45) is 0. The average Bonchev–Trinajstić information content (AvgIpc) is 2.74. The molecule has 0 bridgehead atoms. The molecular weight excluding hydrogens is 445 g/mol. The first-order valence-corrected chi connectivity index (χ1v) is 10.8. The zero-order valence-electron chi connectivity index (χ0n) is 16.8. The molecule has 3 rings (SSSR count). The van der Waals surface area contributed by atoms with Gasteiger partial charge in [0.25, 0.3) is 15.9 Å². The molecule has 0 spiro atoms. The van der Waals surface area contributed by atoms with Gasteiger partial charge in [-0.25, -0.2) is 12.8 Å². The van der Waals surface area contributed by atoms with Crippen LogP contribution < -0.4 is 14.8 Å². The van der Waals surface area contributed by atoms with Crippen molar-refractivity contribution in [3.05, 3.63) is 89.2 Å². The van der Waals surface area contributed by atoms with E-state index in [1.807, 2.05) is 0 Å². The summed E-state index contributed by atoms with van der Waals surface area (Å²) in [7, 11) is -3.94. The highest BCUT2D eigenvalue weighted by Crippen LogP contribution is 2.21. The van der Waals surface area contributed by atoms with Crippen LogP contribution >= 0.6 is 0 Å². The van der Waals surface area contributed by atoms with Gasteiger partial charge in [-0.1, -0.05) is 18.2 Å². The fraction of sp³-hybridized carbons (Fsp3) is 0.136. The van der Waals surface area contributed by atoms with Gasteiger partial charge < -0.3 is 10.1 Å². The minimum atomic E-state index is -3.94. The van der Waals surface area contributed by atoms with Gasteiger partial charge in [0, 0.05) is 23.4 Å². The molecule has 0 radical (unpaired) electrons. The average molecular weight is 464 g/mol. The van der Waals surface area contributed by atoms with E-state index in [1.165, 1.54) is 49.4 Å². The number of rotatable bonds is 8. The number of carbonyl (C=O) groups excluding carboxylic acids is 1. The van der Waals surface area contributed by atoms with Crippen LogP contribution in [-0.2, 0) is 16.6 Å². The summed E-state index contributed by atoms with van der Waals surface area (Å²) in [6, 6.07) is 15.1. The molecule has 10 heteroatoms. The number of amides is 1. The van der Waals surface area contributed by atoms with Gasteiger partial charge in [0.2, 0.25) is 0 Å². The zero-order valence-corrected chi connectivity index (χ0v) is 17.6. The Morgan fingerprint density at radius 2 is 1.72 bits per heavy atom. The topological polar surface area (TPSA) is 84.5 Å². The van der Waals surface area contributed by atoms with Gasteiger partial charge in [0.15, 0.2) is 0 Å². The van der Waals surface area contributed by atoms with E-state index in [0.717, 1.165) is 12.1 Å². The largest absolute Gasteiger partial charge is 0.434 e. The second-order valence-electron chi connectivity index (χ2n) is 6.76. The highest BCUT2D eigenvalue weighted by molar-refractivity contribution is 7.92. The second-order valence-corrected chi connectivity index (χ2v) is 8.45. The fourth-order valence-electron chi connectivity index (χ4n) is 2.83. The van der Waals surface area contributed by atoms with Crippen LogP contribution in [0.5, 0.6) is 5.75 Å². The smallest absolute Gasteiger partial charge is 0.387 e. The molecular formula is C22H19F3N2O4S. The Kier molecular flexibility index (Phi) is 7.04. The van der Waals surface area contributed by atoms with Crippen molar-refractivity contribution in [3.8, 4) is 5.75 Å². The van der Waals surface area contributed by atoms with E-state index in [4.69, 9.17) is 0 Å². The quantitative estimate of drug-likeness (QED) is 0.515. The molecule has 0 aliphatic heterocycles. The first kappa shape index (κ1) is 23.1. The lowest BCUT2D eigenvalue weighted by Gasteiger charge is -2.12. The summed E-state index contributed by atoms with van der Waals surface area (Å²) in [5.74, 6) is -1.04. The van der Waals surface area contributed by atoms with Crippen LogP contribution in [-0.4, -0.2) is 20.9 Å². The normalized spacial score (nSPS) is 11.3. The minimum absolute atomic E-state index is 0.0383. The van der Waals surface area contributed by atoms with Crippen LogP contribution in [0, 0.1) is 12.7 Å². The van der Waals surface area contributed by atoms with Crippen molar-refractivity contribution < 1.29 is 31.1 Å². The number of carbonyl (C=O) groups is 1. The van der Waals surface area contributed by atoms with Gasteiger partial charge in [-0.15, -0.1) is 0 Å². The molecule has 0 unspecified atom stereocenters. The van der Waals surface area contributed by atoms with Gasteiger partial charge in [0.05, 0.1) is 4.90 Å². The van der Waals surface area contributed by atoms with E-state index >= 15 is 0 Å². The number of hydrogen-bond donors (Lipinski definition) is 2. The molecule has 6 nitrogen and oxygen atoms in total. The van der Waals surface area contributed by atoms with Crippen molar-refractivity contribution in [1.29, 1.82) is 0 Å². The Balaban J connectivity index is 1.65. The van der Waals surface area contributed by atoms with Crippen LogP contribution in [0.1, 0.15) is 21.5 Å². The van der Waals surface area contributed by atoms with Crippen molar-refractivity contribution >= 4 is 21.6 Å². The van der Waals surface area contributed by atoms with Gasteiger partial charge in [0.1, 0.15) is 11.6 Å². The van der Waals surface area contributed by atoms with Crippen molar-refractivity contribution in [3.63, 3.8) is 0 Å². The predicted molar refractivity (Wildman–Crippen MR) is 113 cm³/mol. The van der Waals surface area contributed by atoms with Crippen LogP contribution in [0.4, 0.5) is 18.9 Å². The SMILES string of the molecule is Cc1cc(S(=O)(=O)Nc2ccc(C(=O)NCc3ccccc3OC(F)F)cc2)ccc1F. The second kappa shape index (κ2) is 9.73. The Morgan fingerprint density at radius 1 is 1.03 bits per heavy atom. The fourth-order valence-corrected chi connectivity index (χ4v) is 3.97. The number of alkyl halides is 2. The zero-order chi connectivity index (χ0) is 23.3. The highest BCUT2D eigenvalue weighted by Gasteiger charge is 2.16. The number of halogens is 3. The lowest BCUT2D eigenvalue weighted by atomic mass is 10.1. The van der Waals surface area contributed by atoms with Gasteiger partial charge >= 0.3 is 6.61 Å². The number of para-hydroxylation sites is 1. The molecule has 0 saturated heterocycles. The summed E-state index contributed by atoms with van der Waals surface area (Å²) in [6.45, 7) is -1.57. The summed E-state index contributed by atoms with van der Waals surface area (Å²) >= 11 is 0. The molecule has 0 atom stereocenters. The first-order valence-electron chi connectivity index (χ1n) is 9.35. The Labute approximate surface area is 183 Å². The summed E-state index contributed by atoms with van der Waals surface area (Å²) in [4.78, 5) is 12.3. The third-order valence-electron chi connectivity index (χ3n) is 4.47. The molecule has 168 valence electrons. The molecule has 3 aromatic carbocycles. The lowest BCUT2D eigenvalue weighted by molar-refractivity contribution is -0.0504. The number of benzene rings is 3. The van der Waals surface area contributed by atoms with Gasteiger partial charge in [-0.05, 0) is 61.0 Å². The van der Waals surface area contributed by atoms with Crippen LogP contribution in [0.25, 0.3) is 0 Å². The van der Waals surface area contributed by atoms with E-state index in [9.17, 15) is 26.4 Å². The maximum Gasteiger partial charge on any atom is 0.387 e. The Morgan fingerprint density at radius 3 is 2.38 bits per heavy atom. The molecule has 32 heavy (non-hydrogen) atoms. The summed E-state index contributed by atoms with van der Waals surface area (Å²) < 4.78 is 70.1. The molecule has 2 N–H and O–H groups in total. The first-order chi connectivity index (χ1) is 15.2. The van der Waals surface area contributed by atoms with E-state index < -0.39 is 28.4 Å². The molecule has 3 aromatic rings. The molecule has 0 aliphatic carbocycles. The standard InChI is InChI=1S/C22H19F3N2O4S/c1-14-12-18(10-11-19(14)23)32(29,30)27-17-8-6-15(7-9-17)21(28)26-13-16-4-2-3-5-20(16)31-22(24)25/h2-12,22,27H,13H2,1H3,(H,26,28). The summed E-state index contributed by atoms with van der Waals surface area (Å²) in [5.41, 5.74) is 1.01. The molecule has 1 amide bonds. The number of sulfonamides is 1. The van der Waals surface area contributed by atoms with E-state index in [1.54, 1.807) is 12.1 Å². The van der Waals surface area contributed by atoms with Crippen molar-refractivity contribution in [2.45, 2.75) is 25.0 Å². The number of aryl methyl sites for hydroxylation is 1. The lowest BCUT2D eigenvalue weighted by Crippen LogP contribution is -2.23. The maximum absolute atomic E-state index is 13.4. The van der Waals surface area contributed by atoms with Crippen molar-refractivity contribution in [2.75, 3.05) is 4.72 Å². The number of nitrogens with one attached hydrogen (secondary N) is 2. The molecule has 0 heterocycles. The molecule has 0 aliphatic rings. The highest BCUT2D eigenvalue weighted by atomic mass is 32.2. The molecule has 0 saturated carbocycles. The van der Waals surface area contributed by atoms with Crippen molar-refractivity contribution in [1.82, 2.24) is 5.32 Å². The van der Waals surface area contributed by atoms with Gasteiger partial charge in [-0.3, -0.25) is 9.52 Å². The Bertz CT molecular complexity index is 1220. The molecule has 0 fully saturated rings. The third-order valence-corrected chi connectivity index (χ3v) is 5.85. The minimum Gasteiger partial charge on any atom is -0.434 e. The summed E-state index contributed by atoms with van der Waals surface area (Å²) in [5, 5.41) is 2.60. The van der Waals surface area contributed by atoms with Crippen LogP contribution in [0.3, 0.4) is 0 Å². The predicted octanol–water partition coefficient (Wildman–Crippen LogP) is 4.47. The number of ether oxygens (including phenoxy) is 1. The third kappa shape index (κ3) is 5.79. The number of anilines is 1. The van der Waals surface area contributed by atoms with E-state index in [0.29, 0.717) is 5.56 Å². The molecule has 0 aromatic heterocycles.